The van der Waals surface area contributed by atoms with Gasteiger partial charge in [-0.2, -0.15) is 0 Å². The first-order chi connectivity index (χ1) is 24.3. The van der Waals surface area contributed by atoms with Crippen LogP contribution in [0.15, 0.2) is 42.5 Å². The van der Waals surface area contributed by atoms with E-state index in [2.05, 4.69) is 29.5 Å². The third-order valence-corrected chi connectivity index (χ3v) is 12.2. The molecule has 11 heteroatoms. The Morgan fingerprint density at radius 2 is 1.69 bits per heavy atom. The minimum Gasteiger partial charge on any atom is -0.375 e. The maximum Gasteiger partial charge on any atom is 0.180 e. The van der Waals surface area contributed by atoms with E-state index in [1.807, 2.05) is 11.3 Å². The summed E-state index contributed by atoms with van der Waals surface area (Å²) < 4.78 is 33.7. The second-order valence-electron chi connectivity index (χ2n) is 12.6. The van der Waals surface area contributed by atoms with Crippen molar-refractivity contribution in [1.29, 1.82) is 0 Å². The first-order valence-electron chi connectivity index (χ1n) is 18.8. The summed E-state index contributed by atoms with van der Waals surface area (Å²) in [6.45, 7) is 6.66. The molecule has 2 aromatic heterocycles. The van der Waals surface area contributed by atoms with Gasteiger partial charge in [0.15, 0.2) is 5.13 Å². The number of aryl methyl sites for hydroxylation is 2. The molecule has 48 heavy (non-hydrogen) atoms. The number of thiazole rings is 2. The summed E-state index contributed by atoms with van der Waals surface area (Å²) in [5.41, 5.74) is 16.0. The summed E-state index contributed by atoms with van der Waals surface area (Å²) in [5, 5.41) is 10.2. The van der Waals surface area contributed by atoms with Crippen molar-refractivity contribution in [2.24, 2.45) is 5.73 Å². The largest absolute Gasteiger partial charge is 0.375 e. The van der Waals surface area contributed by atoms with Crippen LogP contribution in [0.4, 0.5) is 5.13 Å². The Balaban J connectivity index is 0.000000201. The first kappa shape index (κ1) is 32.2. The quantitative estimate of drug-likeness (QED) is 0.136. The van der Waals surface area contributed by atoms with Crippen molar-refractivity contribution >= 4 is 63.4 Å². The molecule has 6 N–H and O–H groups in total. The molecule has 2 heterocycles. The van der Waals surface area contributed by atoms with Crippen LogP contribution in [0.1, 0.15) is 118 Å². The molecule has 2 aromatic carbocycles. The van der Waals surface area contributed by atoms with Crippen LogP contribution in [-0.2, 0) is 25.7 Å². The molecular weight excluding hydrogens is 699 g/mol. The van der Waals surface area contributed by atoms with Crippen LogP contribution in [0.25, 0.3) is 0 Å². The number of aromatic nitrogens is 2. The fraction of sp³-hybridized carbons (Fsp3) is 0.514. The molecule has 0 bridgehead atoms. The molecule has 0 saturated heterocycles. The third-order valence-electron chi connectivity index (χ3n) is 9.24. The van der Waals surface area contributed by atoms with Crippen molar-refractivity contribution < 1.29 is 5.48 Å². The van der Waals surface area contributed by atoms with Gasteiger partial charge >= 0.3 is 0 Å². The predicted octanol–water partition coefficient (Wildman–Crippen LogP) is 9.02. The van der Waals surface area contributed by atoms with Gasteiger partial charge in [0.05, 0.1) is 27.8 Å². The Bertz CT molecular complexity index is 1840. The fourth-order valence-electron chi connectivity index (χ4n) is 6.86. The number of nitrogens with one attached hydrogen (secondary N) is 2. The van der Waals surface area contributed by atoms with E-state index < -0.39 is 18.3 Å². The molecule has 0 radical (unpaired) electrons. The number of hydrogen-bond acceptors (Lipinski definition) is 8. The smallest absolute Gasteiger partial charge is 0.180 e. The highest BCUT2D eigenvalue weighted by Crippen LogP contribution is 2.42. The molecule has 0 aliphatic heterocycles. The molecule has 260 valence electrons. The Kier molecular flexibility index (Phi) is 11.7. The van der Waals surface area contributed by atoms with E-state index in [9.17, 15) is 0 Å². The minimum atomic E-state index is -2.07. The summed E-state index contributed by atoms with van der Waals surface area (Å²) in [6.07, 6.45) is 6.74. The average molecular weight is 752 g/mol. The standard InChI is InChI=1S/C21H33N5S2.C16H15Cl2N.ClH/c1-3-9-23-13-5-6-16-18(11-13)27-19(25-16)12-14-15(24-10-4-2)7-8-17-20(14)28-21(22)26-17;17-14-7-5-10(9-15(14)18)11-6-8-16(19)13-4-2-1-3-12(11)13;/h13-15,23-24H,3-12H2,1-2H3,(H2,22,26);1-5,7,9,11,16H,6,8,19H2;1H/t;11-,16-;/m.1./s1/i;8D2,11D,16D;. The van der Waals surface area contributed by atoms with Crippen LogP contribution in [0.2, 0.25) is 10.0 Å². The second-order valence-corrected chi connectivity index (χ2v) is 15.6. The van der Waals surface area contributed by atoms with E-state index >= 15 is 0 Å². The molecular formula is C37H49Cl3N6S2. The fourth-order valence-corrected chi connectivity index (χ4v) is 9.46. The highest BCUT2D eigenvalue weighted by Gasteiger charge is 2.34. The van der Waals surface area contributed by atoms with Crippen molar-refractivity contribution in [2.45, 2.75) is 108 Å². The van der Waals surface area contributed by atoms with Crippen molar-refractivity contribution in [3.63, 3.8) is 0 Å². The van der Waals surface area contributed by atoms with Crippen LogP contribution >= 0.6 is 58.3 Å². The maximum absolute atomic E-state index is 8.96. The van der Waals surface area contributed by atoms with Crippen molar-refractivity contribution in [2.75, 3.05) is 18.8 Å². The summed E-state index contributed by atoms with van der Waals surface area (Å²) in [6, 6.07) is 10.9. The van der Waals surface area contributed by atoms with Crippen LogP contribution in [-0.4, -0.2) is 35.1 Å². The number of fused-ring (bicyclic) bond motifs is 3. The van der Waals surface area contributed by atoms with E-state index in [0.717, 1.165) is 50.3 Å². The number of hydrogen-bond donors (Lipinski definition) is 4. The molecule has 0 saturated carbocycles. The maximum atomic E-state index is 8.96. The molecule has 3 unspecified atom stereocenters. The Morgan fingerprint density at radius 1 is 0.938 bits per heavy atom. The van der Waals surface area contributed by atoms with Crippen LogP contribution in [0.5, 0.6) is 0 Å². The van der Waals surface area contributed by atoms with E-state index in [4.69, 9.17) is 45.1 Å². The normalized spacial score (nSPS) is 28.1. The van der Waals surface area contributed by atoms with Crippen LogP contribution in [0.3, 0.4) is 0 Å². The second kappa shape index (κ2) is 17.5. The van der Waals surface area contributed by atoms with Gasteiger partial charge in [0.25, 0.3) is 0 Å². The Morgan fingerprint density at radius 3 is 2.46 bits per heavy atom. The monoisotopic (exact) mass is 750 g/mol. The number of anilines is 1. The number of halogens is 3. The summed E-state index contributed by atoms with van der Waals surface area (Å²) >= 11 is 15.7. The molecule has 0 amide bonds. The molecule has 6 nitrogen and oxygen atoms in total. The highest BCUT2D eigenvalue weighted by atomic mass is 35.5. The zero-order valence-electron chi connectivity index (χ0n) is 31.6. The molecule has 3 aliphatic carbocycles. The first-order valence-corrected chi connectivity index (χ1v) is 19.2. The highest BCUT2D eigenvalue weighted by molar-refractivity contribution is 7.15. The van der Waals surface area contributed by atoms with E-state index in [-0.39, 0.29) is 18.8 Å². The van der Waals surface area contributed by atoms with E-state index in [0.29, 0.717) is 44.7 Å². The number of nitrogens with two attached hydrogens (primary N) is 2. The lowest BCUT2D eigenvalue weighted by Gasteiger charge is -2.31. The lowest BCUT2D eigenvalue weighted by molar-refractivity contribution is 0.387. The van der Waals surface area contributed by atoms with Crippen molar-refractivity contribution in [1.82, 2.24) is 20.6 Å². The molecule has 7 rings (SSSR count). The van der Waals surface area contributed by atoms with Gasteiger partial charge in [-0.25, -0.2) is 9.97 Å². The predicted molar refractivity (Wildman–Crippen MR) is 208 cm³/mol. The molecule has 5 atom stereocenters. The van der Waals surface area contributed by atoms with Gasteiger partial charge < -0.3 is 22.1 Å². The molecule has 4 aromatic rings. The van der Waals surface area contributed by atoms with Gasteiger partial charge in [-0.15, -0.1) is 35.1 Å². The van der Waals surface area contributed by atoms with Gasteiger partial charge in [0.1, 0.15) is 0 Å². The number of rotatable bonds is 9. The van der Waals surface area contributed by atoms with Crippen molar-refractivity contribution in [3.8, 4) is 0 Å². The zero-order chi connectivity index (χ0) is 36.6. The Hall–Kier alpha value is -1.75. The molecule has 0 fully saturated rings. The number of benzene rings is 2. The average Bonchev–Trinajstić information content (AvgIpc) is 3.69. The lowest BCUT2D eigenvalue weighted by Crippen LogP contribution is -2.39. The number of nitrogens with zero attached hydrogens (tertiary/aromatic N) is 2. The lowest BCUT2D eigenvalue weighted by atomic mass is 9.77. The summed E-state index contributed by atoms with van der Waals surface area (Å²) in [5.74, 6) is -0.940. The summed E-state index contributed by atoms with van der Waals surface area (Å²) in [4.78, 5) is 12.6. The zero-order valence-corrected chi connectivity index (χ0v) is 31.5. The molecule has 0 spiro atoms. The van der Waals surface area contributed by atoms with Gasteiger partial charge in [0.2, 0.25) is 0 Å². The van der Waals surface area contributed by atoms with E-state index in [1.165, 1.54) is 45.4 Å². The topological polar surface area (TPSA) is 102 Å². The van der Waals surface area contributed by atoms with Crippen LogP contribution < -0.4 is 22.1 Å². The summed E-state index contributed by atoms with van der Waals surface area (Å²) in [7, 11) is 0. The van der Waals surface area contributed by atoms with Gasteiger partial charge in [0, 0.05) is 50.2 Å². The number of nitrogen functional groups attached to an aromatic ring is 1. The van der Waals surface area contributed by atoms with Crippen LogP contribution in [0, 0.1) is 0 Å². The Labute approximate surface area is 315 Å². The minimum absolute atomic E-state index is 0. The molecule has 3 aliphatic rings. The SMILES string of the molecule is CCCNC1CCc2nc(CC3c4sc(N)nc4CCC3NCCC)sc2C1.Cl.[2H]C1([2H])C[C@]([2H])(c2ccc(Cl)c(Cl)c2)c2ccccc2[C@]1([2H])N. The van der Waals surface area contributed by atoms with Gasteiger partial charge in [-0.1, -0.05) is 67.4 Å². The van der Waals surface area contributed by atoms with Gasteiger partial charge in [-0.3, -0.25) is 0 Å². The third kappa shape index (κ3) is 8.75. The van der Waals surface area contributed by atoms with E-state index in [1.54, 1.807) is 53.8 Å². The van der Waals surface area contributed by atoms with Crippen molar-refractivity contribution in [3.05, 3.63) is 95.3 Å². The van der Waals surface area contributed by atoms with Gasteiger partial charge in [-0.05, 0) is 99.7 Å².